The maximum atomic E-state index is 12.2. The van der Waals surface area contributed by atoms with Gasteiger partial charge < -0.3 is 15.4 Å². The Labute approximate surface area is 120 Å². The summed E-state index contributed by atoms with van der Waals surface area (Å²) in [5, 5.41) is 6.51. The van der Waals surface area contributed by atoms with E-state index >= 15 is 0 Å². The molecule has 2 rings (SSSR count). The molecule has 0 saturated carbocycles. The number of hydrogen-bond donors (Lipinski definition) is 2. The highest BCUT2D eigenvalue weighted by molar-refractivity contribution is 5.93. The molecule has 4 nitrogen and oxygen atoms in total. The zero-order chi connectivity index (χ0) is 14.4. The molecule has 2 unspecified atom stereocenters. The number of carbonyl (C=O) groups excluding carboxylic acids is 1. The minimum Gasteiger partial charge on any atom is -0.381 e. The highest BCUT2D eigenvalue weighted by atomic mass is 16.5. The minimum atomic E-state index is -0.0121. The van der Waals surface area contributed by atoms with Crippen molar-refractivity contribution in [2.45, 2.75) is 32.7 Å². The van der Waals surface area contributed by atoms with E-state index in [0.717, 1.165) is 30.6 Å². The number of amides is 1. The van der Waals surface area contributed by atoms with Gasteiger partial charge in [0.05, 0.1) is 12.5 Å². The number of benzene rings is 1. The molecule has 0 spiro atoms. The Kier molecular flexibility index (Phi) is 5.56. The molecule has 1 aliphatic rings. The maximum Gasteiger partial charge on any atom is 0.229 e. The summed E-state index contributed by atoms with van der Waals surface area (Å²) < 4.78 is 5.27. The molecule has 1 aliphatic heterocycles. The van der Waals surface area contributed by atoms with Crippen molar-refractivity contribution in [3.63, 3.8) is 0 Å². The number of nitrogens with one attached hydrogen (secondary N) is 2. The first-order valence-electron chi connectivity index (χ1n) is 7.43. The van der Waals surface area contributed by atoms with Gasteiger partial charge in [-0.15, -0.1) is 0 Å². The number of carbonyl (C=O) groups is 1. The molecule has 1 saturated heterocycles. The van der Waals surface area contributed by atoms with Crippen LogP contribution in [0.3, 0.4) is 0 Å². The predicted molar refractivity (Wildman–Crippen MR) is 80.7 cm³/mol. The number of ether oxygens (including phenoxy) is 1. The van der Waals surface area contributed by atoms with Crippen LogP contribution in [0.2, 0.25) is 0 Å². The average Bonchev–Trinajstić information content (AvgIpc) is 2.99. The lowest BCUT2D eigenvalue weighted by atomic mass is 10.0. The summed E-state index contributed by atoms with van der Waals surface area (Å²) in [6, 6.07) is 8.22. The van der Waals surface area contributed by atoms with Crippen LogP contribution >= 0.6 is 0 Å². The van der Waals surface area contributed by atoms with Crippen molar-refractivity contribution in [3.05, 3.63) is 29.8 Å². The van der Waals surface area contributed by atoms with Gasteiger partial charge in [0.2, 0.25) is 5.91 Å². The highest BCUT2D eigenvalue weighted by Crippen LogP contribution is 2.24. The Balaban J connectivity index is 2.04. The van der Waals surface area contributed by atoms with E-state index in [9.17, 15) is 4.79 Å². The van der Waals surface area contributed by atoms with Crippen molar-refractivity contribution in [2.24, 2.45) is 5.92 Å². The quantitative estimate of drug-likeness (QED) is 0.840. The van der Waals surface area contributed by atoms with Crippen LogP contribution in [0.5, 0.6) is 0 Å². The fourth-order valence-corrected chi connectivity index (χ4v) is 2.44. The van der Waals surface area contributed by atoms with Gasteiger partial charge >= 0.3 is 0 Å². The molecule has 1 amide bonds. The average molecular weight is 276 g/mol. The van der Waals surface area contributed by atoms with Crippen LogP contribution in [-0.4, -0.2) is 25.7 Å². The van der Waals surface area contributed by atoms with Crippen molar-refractivity contribution >= 4 is 11.6 Å². The van der Waals surface area contributed by atoms with E-state index in [2.05, 4.69) is 30.5 Å². The van der Waals surface area contributed by atoms with Gasteiger partial charge in [-0.1, -0.05) is 25.1 Å². The molecular formula is C16H24N2O2. The van der Waals surface area contributed by atoms with Crippen molar-refractivity contribution < 1.29 is 9.53 Å². The monoisotopic (exact) mass is 276 g/mol. The van der Waals surface area contributed by atoms with Crippen LogP contribution in [0.4, 0.5) is 5.69 Å². The Morgan fingerprint density at radius 1 is 1.45 bits per heavy atom. The van der Waals surface area contributed by atoms with E-state index in [0.29, 0.717) is 13.2 Å². The Morgan fingerprint density at radius 2 is 2.25 bits per heavy atom. The lowest BCUT2D eigenvalue weighted by molar-refractivity contribution is -0.119. The van der Waals surface area contributed by atoms with Crippen molar-refractivity contribution in [3.8, 4) is 0 Å². The summed E-state index contributed by atoms with van der Waals surface area (Å²) in [6.07, 6.45) is 1.91. The highest BCUT2D eigenvalue weighted by Gasteiger charge is 2.24. The molecule has 1 aromatic rings. The summed E-state index contributed by atoms with van der Waals surface area (Å²) in [5.41, 5.74) is 2.04. The first kappa shape index (κ1) is 15.0. The Morgan fingerprint density at radius 3 is 2.95 bits per heavy atom. The van der Waals surface area contributed by atoms with Gasteiger partial charge in [-0.2, -0.15) is 0 Å². The van der Waals surface area contributed by atoms with Gasteiger partial charge in [0, 0.05) is 18.3 Å². The van der Waals surface area contributed by atoms with Gasteiger partial charge in [0.15, 0.2) is 0 Å². The summed E-state index contributed by atoms with van der Waals surface area (Å²) in [6.45, 7) is 6.47. The molecule has 1 heterocycles. The molecule has 2 N–H and O–H groups in total. The topological polar surface area (TPSA) is 50.4 Å². The molecular weight excluding hydrogens is 252 g/mol. The van der Waals surface area contributed by atoms with Gasteiger partial charge in [0.1, 0.15) is 0 Å². The zero-order valence-corrected chi connectivity index (χ0v) is 12.3. The molecule has 1 aromatic carbocycles. The van der Waals surface area contributed by atoms with Gasteiger partial charge in [-0.3, -0.25) is 4.79 Å². The largest absolute Gasteiger partial charge is 0.381 e. The third-order valence-electron chi connectivity index (χ3n) is 3.69. The van der Waals surface area contributed by atoms with E-state index in [1.165, 1.54) is 0 Å². The molecule has 4 heteroatoms. The summed E-state index contributed by atoms with van der Waals surface area (Å²) >= 11 is 0. The van der Waals surface area contributed by atoms with Crippen molar-refractivity contribution in [2.75, 3.05) is 25.1 Å². The summed E-state index contributed by atoms with van der Waals surface area (Å²) in [7, 11) is 0. The second-order valence-corrected chi connectivity index (χ2v) is 5.31. The van der Waals surface area contributed by atoms with Gasteiger partial charge in [-0.05, 0) is 37.9 Å². The molecule has 0 aromatic heterocycles. The van der Waals surface area contributed by atoms with Gasteiger partial charge in [-0.25, -0.2) is 0 Å². The van der Waals surface area contributed by atoms with Crippen LogP contribution < -0.4 is 10.6 Å². The number of para-hydroxylation sites is 1. The number of rotatable bonds is 6. The zero-order valence-electron chi connectivity index (χ0n) is 12.3. The fourth-order valence-electron chi connectivity index (χ4n) is 2.44. The van der Waals surface area contributed by atoms with Crippen LogP contribution in [0.1, 0.15) is 38.3 Å². The molecule has 20 heavy (non-hydrogen) atoms. The second-order valence-electron chi connectivity index (χ2n) is 5.31. The molecule has 110 valence electrons. The SMILES string of the molecule is CCCNC(C)c1ccccc1NC(=O)C1CCOC1. The number of hydrogen-bond acceptors (Lipinski definition) is 3. The van der Waals surface area contributed by atoms with Crippen LogP contribution in [0.25, 0.3) is 0 Å². The fraction of sp³-hybridized carbons (Fsp3) is 0.562. The summed E-state index contributed by atoms with van der Waals surface area (Å²) in [5.74, 6) is 0.0552. The number of anilines is 1. The minimum absolute atomic E-state index is 0.0121. The third kappa shape index (κ3) is 3.81. The maximum absolute atomic E-state index is 12.2. The molecule has 2 atom stereocenters. The molecule has 1 fully saturated rings. The Hall–Kier alpha value is -1.39. The molecule has 0 aliphatic carbocycles. The van der Waals surface area contributed by atoms with Crippen molar-refractivity contribution in [1.82, 2.24) is 5.32 Å². The van der Waals surface area contributed by atoms with E-state index in [1.807, 2.05) is 18.2 Å². The van der Waals surface area contributed by atoms with Gasteiger partial charge in [0.25, 0.3) is 0 Å². The third-order valence-corrected chi connectivity index (χ3v) is 3.69. The normalized spacial score (nSPS) is 19.8. The summed E-state index contributed by atoms with van der Waals surface area (Å²) in [4.78, 5) is 12.2. The van der Waals surface area contributed by atoms with Crippen LogP contribution in [0.15, 0.2) is 24.3 Å². The van der Waals surface area contributed by atoms with Crippen molar-refractivity contribution in [1.29, 1.82) is 0 Å². The van der Waals surface area contributed by atoms with E-state index in [-0.39, 0.29) is 17.9 Å². The first-order valence-corrected chi connectivity index (χ1v) is 7.43. The molecule has 0 bridgehead atoms. The first-order chi connectivity index (χ1) is 9.72. The van der Waals surface area contributed by atoms with E-state index in [1.54, 1.807) is 0 Å². The lowest BCUT2D eigenvalue weighted by Gasteiger charge is -2.19. The standard InChI is InChI=1S/C16H24N2O2/c1-3-9-17-12(2)14-6-4-5-7-15(14)18-16(19)13-8-10-20-11-13/h4-7,12-13,17H,3,8-11H2,1-2H3,(H,18,19). The second kappa shape index (κ2) is 7.41. The smallest absolute Gasteiger partial charge is 0.229 e. The van der Waals surface area contributed by atoms with E-state index in [4.69, 9.17) is 4.74 Å². The molecule has 0 radical (unpaired) electrons. The van der Waals surface area contributed by atoms with Crippen LogP contribution in [0, 0.1) is 5.92 Å². The lowest BCUT2D eigenvalue weighted by Crippen LogP contribution is -2.25. The predicted octanol–water partition coefficient (Wildman–Crippen LogP) is 2.72. The Bertz CT molecular complexity index is 442. The van der Waals surface area contributed by atoms with E-state index < -0.39 is 0 Å². The van der Waals surface area contributed by atoms with Crippen LogP contribution in [-0.2, 0) is 9.53 Å².